The molecule has 4 nitrogen and oxygen atoms in total. The van der Waals surface area contributed by atoms with Crippen LogP contribution in [0.3, 0.4) is 0 Å². The molecule has 0 saturated heterocycles. The van der Waals surface area contributed by atoms with Gasteiger partial charge < -0.3 is 10.1 Å². The van der Waals surface area contributed by atoms with Gasteiger partial charge in [0.05, 0.1) is 0 Å². The van der Waals surface area contributed by atoms with Crippen molar-refractivity contribution in [2.45, 2.75) is 33.2 Å². The lowest BCUT2D eigenvalue weighted by atomic mass is 10.0. The van der Waals surface area contributed by atoms with Crippen molar-refractivity contribution in [2.24, 2.45) is 5.92 Å². The van der Waals surface area contributed by atoms with Gasteiger partial charge in [-0.2, -0.15) is 0 Å². The van der Waals surface area contributed by atoms with Crippen molar-refractivity contribution in [3.8, 4) is 11.6 Å². The zero-order chi connectivity index (χ0) is 15.8. The predicted octanol–water partition coefficient (Wildman–Crippen LogP) is 3.93. The summed E-state index contributed by atoms with van der Waals surface area (Å²) in [5, 5.41) is 2.98. The van der Waals surface area contributed by atoms with E-state index in [-0.39, 0.29) is 11.8 Å². The summed E-state index contributed by atoms with van der Waals surface area (Å²) in [4.78, 5) is 16.1. The van der Waals surface area contributed by atoms with Gasteiger partial charge >= 0.3 is 0 Å². The number of benzene rings is 1. The summed E-state index contributed by atoms with van der Waals surface area (Å²) in [7, 11) is 0. The maximum Gasteiger partial charge on any atom is 0.223 e. The molecule has 0 fully saturated rings. The first kappa shape index (κ1) is 16.0. The Kier molecular flexibility index (Phi) is 5.95. The average molecular weight is 298 g/mol. The molecule has 0 radical (unpaired) electrons. The molecule has 0 bridgehead atoms. The minimum atomic E-state index is 0.0907. The number of carbonyl (C=O) groups is 1. The molecule has 22 heavy (non-hydrogen) atoms. The topological polar surface area (TPSA) is 51.2 Å². The molecular formula is C18H22N2O2. The molecule has 0 aliphatic heterocycles. The predicted molar refractivity (Wildman–Crippen MR) is 86.7 cm³/mol. The Hall–Kier alpha value is -2.36. The van der Waals surface area contributed by atoms with Gasteiger partial charge in [0, 0.05) is 24.7 Å². The van der Waals surface area contributed by atoms with Crippen LogP contribution in [0.25, 0.3) is 0 Å². The Labute approximate surface area is 131 Å². The molecule has 116 valence electrons. The molecule has 1 aromatic carbocycles. The van der Waals surface area contributed by atoms with Crippen molar-refractivity contribution < 1.29 is 9.53 Å². The van der Waals surface area contributed by atoms with Crippen LogP contribution in [0.4, 0.5) is 0 Å². The summed E-state index contributed by atoms with van der Waals surface area (Å²) in [6.45, 7) is 4.58. The Morgan fingerprint density at radius 3 is 2.68 bits per heavy atom. The standard InChI is InChI=1S/C18H22N2O2/c1-3-15(4-2)18(21)20-13-14-8-7-9-16(12-14)22-17-10-5-6-11-19-17/h5-12,15H,3-4,13H2,1-2H3,(H,20,21). The molecule has 1 amide bonds. The molecule has 0 unspecified atom stereocenters. The summed E-state index contributed by atoms with van der Waals surface area (Å²) < 4.78 is 5.69. The summed E-state index contributed by atoms with van der Waals surface area (Å²) in [5.41, 5.74) is 1.01. The van der Waals surface area contributed by atoms with Crippen LogP contribution in [0.5, 0.6) is 11.6 Å². The zero-order valence-corrected chi connectivity index (χ0v) is 13.1. The zero-order valence-electron chi connectivity index (χ0n) is 13.1. The number of rotatable bonds is 7. The maximum atomic E-state index is 12.0. The second-order valence-electron chi connectivity index (χ2n) is 5.15. The van der Waals surface area contributed by atoms with Crippen molar-refractivity contribution >= 4 is 5.91 Å². The number of nitrogens with zero attached hydrogens (tertiary/aromatic N) is 1. The number of pyridine rings is 1. The Bertz CT molecular complexity index is 595. The van der Waals surface area contributed by atoms with Gasteiger partial charge in [0.15, 0.2) is 0 Å². The van der Waals surface area contributed by atoms with E-state index < -0.39 is 0 Å². The van der Waals surface area contributed by atoms with E-state index in [1.165, 1.54) is 0 Å². The molecule has 1 N–H and O–H groups in total. The van der Waals surface area contributed by atoms with Crippen molar-refractivity contribution in [3.05, 3.63) is 54.2 Å². The fraction of sp³-hybridized carbons (Fsp3) is 0.333. The van der Waals surface area contributed by atoms with Crippen LogP contribution in [-0.4, -0.2) is 10.9 Å². The van der Waals surface area contributed by atoms with Crippen molar-refractivity contribution in [3.63, 3.8) is 0 Å². The second-order valence-corrected chi connectivity index (χ2v) is 5.15. The fourth-order valence-electron chi connectivity index (χ4n) is 2.24. The lowest BCUT2D eigenvalue weighted by Gasteiger charge is -2.13. The third kappa shape index (κ3) is 4.58. The minimum Gasteiger partial charge on any atom is -0.439 e. The largest absolute Gasteiger partial charge is 0.439 e. The number of nitrogens with one attached hydrogen (secondary N) is 1. The highest BCUT2D eigenvalue weighted by molar-refractivity contribution is 5.78. The number of aromatic nitrogens is 1. The molecule has 0 aliphatic carbocycles. The van der Waals surface area contributed by atoms with Gasteiger partial charge in [-0.3, -0.25) is 4.79 Å². The molecule has 0 atom stereocenters. The van der Waals surface area contributed by atoms with Crippen LogP contribution >= 0.6 is 0 Å². The van der Waals surface area contributed by atoms with Crippen LogP contribution in [0.15, 0.2) is 48.7 Å². The Morgan fingerprint density at radius 2 is 2.00 bits per heavy atom. The summed E-state index contributed by atoms with van der Waals surface area (Å²) in [5.74, 6) is 1.47. The molecule has 4 heteroatoms. The van der Waals surface area contributed by atoms with Crippen molar-refractivity contribution in [2.75, 3.05) is 0 Å². The minimum absolute atomic E-state index is 0.0907. The number of hydrogen-bond donors (Lipinski definition) is 1. The van der Waals surface area contributed by atoms with Gasteiger partial charge in [0.2, 0.25) is 11.8 Å². The van der Waals surface area contributed by atoms with Gasteiger partial charge in [0.1, 0.15) is 5.75 Å². The molecule has 1 heterocycles. The molecule has 2 aromatic rings. The Balaban J connectivity index is 1.95. The van der Waals surface area contributed by atoms with Gasteiger partial charge in [-0.25, -0.2) is 4.98 Å². The van der Waals surface area contributed by atoms with E-state index in [0.29, 0.717) is 18.2 Å². The van der Waals surface area contributed by atoms with Crippen molar-refractivity contribution in [1.29, 1.82) is 0 Å². The van der Waals surface area contributed by atoms with Gasteiger partial charge in [-0.1, -0.05) is 32.0 Å². The normalized spacial score (nSPS) is 10.5. The van der Waals surface area contributed by atoms with Crippen LogP contribution in [0, 0.1) is 5.92 Å². The smallest absolute Gasteiger partial charge is 0.223 e. The van der Waals surface area contributed by atoms with E-state index in [1.807, 2.05) is 56.3 Å². The lowest BCUT2D eigenvalue weighted by molar-refractivity contribution is -0.125. The van der Waals surface area contributed by atoms with Crippen LogP contribution in [0.1, 0.15) is 32.3 Å². The summed E-state index contributed by atoms with van der Waals surface area (Å²) >= 11 is 0. The highest BCUT2D eigenvalue weighted by Crippen LogP contribution is 2.20. The number of ether oxygens (including phenoxy) is 1. The van der Waals surface area contributed by atoms with Crippen molar-refractivity contribution in [1.82, 2.24) is 10.3 Å². The summed E-state index contributed by atoms with van der Waals surface area (Å²) in [6, 6.07) is 13.2. The van der Waals surface area contributed by atoms with Crippen LogP contribution in [0.2, 0.25) is 0 Å². The molecule has 0 aliphatic rings. The van der Waals surface area contributed by atoms with E-state index in [9.17, 15) is 4.79 Å². The highest BCUT2D eigenvalue weighted by Gasteiger charge is 2.13. The Morgan fingerprint density at radius 1 is 1.18 bits per heavy atom. The molecule has 2 rings (SSSR count). The van der Waals surface area contributed by atoms with Gasteiger partial charge in [-0.15, -0.1) is 0 Å². The number of amides is 1. The van der Waals surface area contributed by atoms with E-state index in [0.717, 1.165) is 18.4 Å². The first-order chi connectivity index (χ1) is 10.7. The van der Waals surface area contributed by atoms with E-state index in [4.69, 9.17) is 4.74 Å². The molecule has 1 aromatic heterocycles. The SMILES string of the molecule is CCC(CC)C(=O)NCc1cccc(Oc2ccccn2)c1. The lowest BCUT2D eigenvalue weighted by Crippen LogP contribution is -2.29. The highest BCUT2D eigenvalue weighted by atomic mass is 16.5. The van der Waals surface area contributed by atoms with Crippen LogP contribution in [-0.2, 0) is 11.3 Å². The third-order valence-electron chi connectivity index (χ3n) is 3.58. The number of carbonyl (C=O) groups excluding carboxylic acids is 1. The van der Waals surface area contributed by atoms with Gasteiger partial charge in [-0.05, 0) is 36.6 Å². The molecular weight excluding hydrogens is 276 g/mol. The first-order valence-corrected chi connectivity index (χ1v) is 7.68. The van der Waals surface area contributed by atoms with Crippen LogP contribution < -0.4 is 10.1 Å². The quantitative estimate of drug-likeness (QED) is 0.842. The second kappa shape index (κ2) is 8.17. The maximum absolute atomic E-state index is 12.0. The fourth-order valence-corrected chi connectivity index (χ4v) is 2.24. The number of hydrogen-bond acceptors (Lipinski definition) is 3. The summed E-state index contributed by atoms with van der Waals surface area (Å²) in [6.07, 6.45) is 3.42. The van der Waals surface area contributed by atoms with E-state index in [1.54, 1.807) is 6.20 Å². The van der Waals surface area contributed by atoms with E-state index in [2.05, 4.69) is 10.3 Å². The monoisotopic (exact) mass is 298 g/mol. The average Bonchev–Trinajstić information content (AvgIpc) is 2.55. The molecule has 0 saturated carbocycles. The molecule has 0 spiro atoms. The van der Waals surface area contributed by atoms with E-state index >= 15 is 0 Å². The third-order valence-corrected chi connectivity index (χ3v) is 3.58. The van der Waals surface area contributed by atoms with Gasteiger partial charge in [0.25, 0.3) is 0 Å². The first-order valence-electron chi connectivity index (χ1n) is 7.68.